The summed E-state index contributed by atoms with van der Waals surface area (Å²) < 4.78 is 7.35. The highest BCUT2D eigenvalue weighted by molar-refractivity contribution is 6.34. The van der Waals surface area contributed by atoms with Crippen LogP contribution in [0.15, 0.2) is 54.9 Å². The van der Waals surface area contributed by atoms with Gasteiger partial charge in [0.15, 0.2) is 6.61 Å². The summed E-state index contributed by atoms with van der Waals surface area (Å²) >= 11 is 18.0. The number of hydrogen-bond acceptors (Lipinski definition) is 3. The van der Waals surface area contributed by atoms with Gasteiger partial charge in [-0.1, -0.05) is 46.9 Å². The van der Waals surface area contributed by atoms with Gasteiger partial charge >= 0.3 is 0 Å². The summed E-state index contributed by atoms with van der Waals surface area (Å²) in [6.07, 6.45) is 3.49. The van der Waals surface area contributed by atoms with E-state index in [4.69, 9.17) is 39.5 Å². The molecule has 8 heteroatoms. The number of aryl methyl sites for hydroxylation is 1. The predicted molar refractivity (Wildman–Crippen MR) is 107 cm³/mol. The Labute approximate surface area is 171 Å². The lowest BCUT2D eigenvalue weighted by molar-refractivity contribution is -0.123. The van der Waals surface area contributed by atoms with Crippen molar-refractivity contribution in [2.24, 2.45) is 7.05 Å². The molecule has 0 spiro atoms. The molecule has 3 rings (SSSR count). The van der Waals surface area contributed by atoms with Gasteiger partial charge in [-0.25, -0.2) is 4.98 Å². The van der Waals surface area contributed by atoms with Crippen molar-refractivity contribution in [3.63, 3.8) is 0 Å². The van der Waals surface area contributed by atoms with Crippen LogP contribution in [0.1, 0.15) is 17.4 Å². The molecule has 1 atom stereocenters. The molecule has 1 aromatic heterocycles. The SMILES string of the molecule is Cn1ccnc1C(NC(=O)COc1cc(Cl)ccc1Cl)c1ccc(Cl)cc1. The smallest absolute Gasteiger partial charge is 0.258 e. The Morgan fingerprint density at radius 1 is 1.15 bits per heavy atom. The average molecular weight is 425 g/mol. The van der Waals surface area contributed by atoms with Gasteiger partial charge in [-0.05, 0) is 29.8 Å². The normalized spacial score (nSPS) is 11.9. The lowest BCUT2D eigenvalue weighted by atomic mass is 10.1. The lowest BCUT2D eigenvalue weighted by Crippen LogP contribution is -2.34. The van der Waals surface area contributed by atoms with Gasteiger partial charge in [0, 0.05) is 35.6 Å². The largest absolute Gasteiger partial charge is 0.482 e. The van der Waals surface area contributed by atoms with E-state index in [1.54, 1.807) is 36.5 Å². The number of carbonyl (C=O) groups excluding carboxylic acids is 1. The van der Waals surface area contributed by atoms with Crippen LogP contribution < -0.4 is 10.1 Å². The van der Waals surface area contributed by atoms with Crippen molar-refractivity contribution in [3.8, 4) is 5.75 Å². The third-order valence-corrected chi connectivity index (χ3v) is 4.68. The van der Waals surface area contributed by atoms with E-state index in [0.29, 0.717) is 26.6 Å². The molecule has 0 bridgehead atoms. The number of hydrogen-bond donors (Lipinski definition) is 1. The van der Waals surface area contributed by atoms with Crippen molar-refractivity contribution >= 4 is 40.7 Å². The van der Waals surface area contributed by atoms with Gasteiger partial charge in [-0.2, -0.15) is 0 Å². The minimum Gasteiger partial charge on any atom is -0.482 e. The zero-order valence-corrected chi connectivity index (χ0v) is 16.6. The van der Waals surface area contributed by atoms with Crippen LogP contribution in [0.3, 0.4) is 0 Å². The molecule has 0 fully saturated rings. The van der Waals surface area contributed by atoms with Crippen molar-refractivity contribution in [3.05, 3.63) is 81.3 Å². The Hall–Kier alpha value is -2.21. The van der Waals surface area contributed by atoms with E-state index in [1.807, 2.05) is 29.9 Å². The summed E-state index contributed by atoms with van der Waals surface area (Å²) in [7, 11) is 1.86. The molecule has 0 aliphatic carbocycles. The topological polar surface area (TPSA) is 56.2 Å². The lowest BCUT2D eigenvalue weighted by Gasteiger charge is -2.19. The summed E-state index contributed by atoms with van der Waals surface area (Å²) in [5, 5.41) is 4.40. The quantitative estimate of drug-likeness (QED) is 0.626. The Balaban J connectivity index is 1.75. The molecule has 1 heterocycles. The molecule has 5 nitrogen and oxygen atoms in total. The summed E-state index contributed by atoms with van der Waals surface area (Å²) in [6.45, 7) is -0.214. The van der Waals surface area contributed by atoms with E-state index in [-0.39, 0.29) is 12.5 Å². The number of nitrogens with zero attached hydrogens (tertiary/aromatic N) is 2. The molecule has 0 saturated carbocycles. The van der Waals surface area contributed by atoms with Gasteiger partial charge < -0.3 is 14.6 Å². The van der Waals surface area contributed by atoms with Gasteiger partial charge in [0.1, 0.15) is 17.6 Å². The first kappa shape index (κ1) is 19.5. The number of rotatable bonds is 6. The Bertz CT molecular complexity index is 942. The first-order valence-corrected chi connectivity index (χ1v) is 9.17. The van der Waals surface area contributed by atoms with Crippen LogP contribution in [-0.4, -0.2) is 22.1 Å². The van der Waals surface area contributed by atoms with E-state index >= 15 is 0 Å². The standard InChI is InChI=1S/C19H16Cl3N3O2/c1-25-9-8-23-19(25)18(12-2-4-13(20)5-3-12)24-17(26)11-27-16-10-14(21)6-7-15(16)22/h2-10,18H,11H2,1H3,(H,24,26). The summed E-state index contributed by atoms with van der Waals surface area (Å²) in [6, 6.07) is 11.6. The van der Waals surface area contributed by atoms with Crippen LogP contribution >= 0.6 is 34.8 Å². The highest BCUT2D eigenvalue weighted by Crippen LogP contribution is 2.28. The van der Waals surface area contributed by atoms with Crippen molar-refractivity contribution < 1.29 is 9.53 Å². The number of nitrogens with one attached hydrogen (secondary N) is 1. The molecule has 0 aliphatic heterocycles. The minimum absolute atomic E-state index is 0.214. The fraction of sp³-hybridized carbons (Fsp3) is 0.158. The maximum Gasteiger partial charge on any atom is 0.258 e. The first-order valence-electron chi connectivity index (χ1n) is 8.04. The second-order valence-corrected chi connectivity index (χ2v) is 7.09. The highest BCUT2D eigenvalue weighted by Gasteiger charge is 2.21. The van der Waals surface area contributed by atoms with E-state index in [1.165, 1.54) is 0 Å². The van der Waals surface area contributed by atoms with Crippen LogP contribution in [0.2, 0.25) is 15.1 Å². The van der Waals surface area contributed by atoms with Crippen LogP contribution in [0.5, 0.6) is 5.75 Å². The van der Waals surface area contributed by atoms with E-state index in [9.17, 15) is 4.79 Å². The average Bonchev–Trinajstić information content (AvgIpc) is 3.07. The third kappa shape index (κ3) is 4.95. The summed E-state index contributed by atoms with van der Waals surface area (Å²) in [4.78, 5) is 16.8. The fourth-order valence-electron chi connectivity index (χ4n) is 2.54. The first-order chi connectivity index (χ1) is 12.9. The number of benzene rings is 2. The molecule has 0 aliphatic rings. The van der Waals surface area contributed by atoms with Crippen LogP contribution in [0.25, 0.3) is 0 Å². The molecule has 1 amide bonds. The number of aromatic nitrogens is 2. The van der Waals surface area contributed by atoms with Gasteiger partial charge in [0.05, 0.1) is 5.02 Å². The zero-order chi connectivity index (χ0) is 19.4. The maximum absolute atomic E-state index is 12.5. The molecular weight excluding hydrogens is 409 g/mol. The molecule has 1 unspecified atom stereocenters. The Morgan fingerprint density at radius 2 is 1.85 bits per heavy atom. The number of imidazole rings is 1. The van der Waals surface area contributed by atoms with Crippen LogP contribution in [0.4, 0.5) is 0 Å². The van der Waals surface area contributed by atoms with Gasteiger partial charge in [0.2, 0.25) is 0 Å². The monoisotopic (exact) mass is 423 g/mol. The molecule has 0 saturated heterocycles. The predicted octanol–water partition coefficient (Wildman–Crippen LogP) is 4.66. The summed E-state index contributed by atoms with van der Waals surface area (Å²) in [5.41, 5.74) is 0.850. The summed E-state index contributed by atoms with van der Waals surface area (Å²) in [5.74, 6) is 0.708. The molecule has 140 valence electrons. The molecule has 1 N–H and O–H groups in total. The second kappa shape index (κ2) is 8.65. The number of amides is 1. The van der Waals surface area contributed by atoms with Crippen LogP contribution in [0, 0.1) is 0 Å². The number of carbonyl (C=O) groups is 1. The van der Waals surface area contributed by atoms with Crippen LogP contribution in [-0.2, 0) is 11.8 Å². The highest BCUT2D eigenvalue weighted by atomic mass is 35.5. The van der Waals surface area contributed by atoms with E-state index < -0.39 is 6.04 Å². The van der Waals surface area contributed by atoms with E-state index in [2.05, 4.69) is 10.3 Å². The van der Waals surface area contributed by atoms with E-state index in [0.717, 1.165) is 5.56 Å². The zero-order valence-electron chi connectivity index (χ0n) is 14.3. The number of ether oxygens (including phenoxy) is 1. The molecule has 27 heavy (non-hydrogen) atoms. The van der Waals surface area contributed by atoms with Crippen molar-refractivity contribution in [2.45, 2.75) is 6.04 Å². The molecule has 2 aromatic carbocycles. The van der Waals surface area contributed by atoms with Gasteiger partial charge in [0.25, 0.3) is 5.91 Å². The Morgan fingerprint density at radius 3 is 2.52 bits per heavy atom. The number of halogens is 3. The van der Waals surface area contributed by atoms with Crippen molar-refractivity contribution in [1.82, 2.24) is 14.9 Å². The second-order valence-electron chi connectivity index (χ2n) is 5.81. The van der Waals surface area contributed by atoms with Gasteiger partial charge in [-0.3, -0.25) is 4.79 Å². The molecule has 0 radical (unpaired) electrons. The minimum atomic E-state index is -0.451. The fourth-order valence-corrected chi connectivity index (χ4v) is 3.00. The van der Waals surface area contributed by atoms with Gasteiger partial charge in [-0.15, -0.1) is 0 Å². The molecular formula is C19H16Cl3N3O2. The third-order valence-electron chi connectivity index (χ3n) is 3.88. The Kier molecular flexibility index (Phi) is 6.26. The molecule has 3 aromatic rings. The van der Waals surface area contributed by atoms with Crippen molar-refractivity contribution in [1.29, 1.82) is 0 Å². The maximum atomic E-state index is 12.5. The van der Waals surface area contributed by atoms with Crippen molar-refractivity contribution in [2.75, 3.05) is 6.61 Å².